The molecule has 0 saturated heterocycles. The molecule has 6 nitrogen and oxygen atoms in total. The van der Waals surface area contributed by atoms with Crippen LogP contribution in [-0.2, 0) is 6.42 Å². The molecule has 0 radical (unpaired) electrons. The van der Waals surface area contributed by atoms with E-state index in [1.165, 1.54) is 11.1 Å². The first-order chi connectivity index (χ1) is 13.5. The molecule has 0 atom stereocenters. The number of H-pyrrole nitrogens is 1. The normalized spacial score (nSPS) is 11.6. The van der Waals surface area contributed by atoms with Crippen molar-refractivity contribution in [1.29, 1.82) is 0 Å². The van der Waals surface area contributed by atoms with Crippen molar-refractivity contribution in [3.63, 3.8) is 0 Å². The van der Waals surface area contributed by atoms with E-state index in [-0.39, 0.29) is 0 Å². The van der Waals surface area contributed by atoms with E-state index in [0.717, 1.165) is 46.6 Å². The summed E-state index contributed by atoms with van der Waals surface area (Å²) in [5, 5.41) is 4.20. The Labute approximate surface area is 165 Å². The van der Waals surface area contributed by atoms with Crippen LogP contribution in [-0.4, -0.2) is 31.7 Å². The van der Waals surface area contributed by atoms with E-state index in [2.05, 4.69) is 47.3 Å². The van der Waals surface area contributed by atoms with E-state index in [1.807, 2.05) is 18.2 Å². The van der Waals surface area contributed by atoms with E-state index < -0.39 is 0 Å². The minimum atomic E-state index is 0.436. The quantitative estimate of drug-likeness (QED) is 0.326. The van der Waals surface area contributed by atoms with E-state index in [1.54, 1.807) is 14.2 Å². The fourth-order valence-corrected chi connectivity index (χ4v) is 3.13. The van der Waals surface area contributed by atoms with Gasteiger partial charge in [-0.05, 0) is 56.0 Å². The molecule has 4 N–H and O–H groups in total. The van der Waals surface area contributed by atoms with E-state index >= 15 is 0 Å². The number of fused-ring (bicyclic) bond motifs is 1. The van der Waals surface area contributed by atoms with Crippen molar-refractivity contribution >= 4 is 22.5 Å². The molecule has 0 aliphatic rings. The first-order valence-electron chi connectivity index (χ1n) is 9.38. The Morgan fingerprint density at radius 1 is 1.07 bits per heavy atom. The van der Waals surface area contributed by atoms with Crippen LogP contribution in [0.25, 0.3) is 10.9 Å². The minimum absolute atomic E-state index is 0.436. The zero-order valence-corrected chi connectivity index (χ0v) is 16.9. The van der Waals surface area contributed by atoms with Gasteiger partial charge in [0.05, 0.1) is 19.7 Å². The summed E-state index contributed by atoms with van der Waals surface area (Å²) in [5.74, 6) is 2.01. The Bertz CT molecular complexity index is 992. The highest BCUT2D eigenvalue weighted by atomic mass is 16.5. The number of guanidine groups is 1. The van der Waals surface area contributed by atoms with Crippen LogP contribution in [0.1, 0.15) is 23.2 Å². The molecule has 28 heavy (non-hydrogen) atoms. The highest BCUT2D eigenvalue weighted by Crippen LogP contribution is 2.31. The van der Waals surface area contributed by atoms with E-state index in [9.17, 15) is 0 Å². The molecule has 3 aromatic rings. The molecular formula is C22H28N4O2. The average Bonchev–Trinajstić information content (AvgIpc) is 3.10. The Morgan fingerprint density at radius 2 is 1.89 bits per heavy atom. The van der Waals surface area contributed by atoms with E-state index in [4.69, 9.17) is 15.2 Å². The highest BCUT2D eigenvalue weighted by Gasteiger charge is 2.09. The van der Waals surface area contributed by atoms with Crippen LogP contribution in [0.3, 0.4) is 0 Å². The van der Waals surface area contributed by atoms with Crippen molar-refractivity contribution in [2.45, 2.75) is 26.7 Å². The van der Waals surface area contributed by atoms with Crippen LogP contribution in [0, 0.1) is 13.8 Å². The van der Waals surface area contributed by atoms with Gasteiger partial charge < -0.3 is 25.5 Å². The number of aromatic amines is 1. The molecule has 6 heteroatoms. The third kappa shape index (κ3) is 4.57. The topological polar surface area (TPSA) is 84.7 Å². The summed E-state index contributed by atoms with van der Waals surface area (Å²) in [7, 11) is 3.32. The predicted octanol–water partition coefficient (Wildman–Crippen LogP) is 4.16. The van der Waals surface area contributed by atoms with Gasteiger partial charge in [0.15, 0.2) is 5.96 Å². The van der Waals surface area contributed by atoms with Crippen molar-refractivity contribution in [2.75, 3.05) is 26.1 Å². The number of nitrogens with one attached hydrogen (secondary N) is 2. The number of aryl methyl sites for hydroxylation is 3. The second-order valence-electron chi connectivity index (χ2n) is 6.88. The van der Waals surface area contributed by atoms with Gasteiger partial charge in [0.1, 0.15) is 11.5 Å². The fourth-order valence-electron chi connectivity index (χ4n) is 3.13. The molecule has 0 saturated carbocycles. The van der Waals surface area contributed by atoms with Crippen LogP contribution in [0.15, 0.2) is 41.4 Å². The summed E-state index contributed by atoms with van der Waals surface area (Å²) in [4.78, 5) is 7.86. The largest absolute Gasteiger partial charge is 0.497 e. The number of hydrogen-bond donors (Lipinski definition) is 3. The van der Waals surface area contributed by atoms with Gasteiger partial charge in [-0.25, -0.2) is 0 Å². The summed E-state index contributed by atoms with van der Waals surface area (Å²) in [6.45, 7) is 4.82. The standard InChI is InChI=1S/C22H28N4O2/c1-14-7-8-17(10-15(14)2)26-22(23)24-9-5-6-16-11-19-20(25-16)12-18(27-3)13-21(19)28-4/h7-8,10-13,25H,5-6,9H2,1-4H3,(H3,23,24,26). The fraction of sp³-hybridized carbons (Fsp3) is 0.318. The van der Waals surface area contributed by atoms with Crippen LogP contribution >= 0.6 is 0 Å². The SMILES string of the molecule is COc1cc(OC)c2cc(CCCN=C(N)Nc3ccc(C)c(C)c3)[nH]c2c1. The van der Waals surface area contributed by atoms with Gasteiger partial charge in [0.25, 0.3) is 0 Å². The summed E-state index contributed by atoms with van der Waals surface area (Å²) in [6.07, 6.45) is 1.77. The molecule has 2 aromatic carbocycles. The molecule has 3 rings (SSSR count). The summed E-state index contributed by atoms with van der Waals surface area (Å²) in [5.41, 5.74) is 11.6. The molecular weight excluding hydrogens is 352 g/mol. The summed E-state index contributed by atoms with van der Waals surface area (Å²) < 4.78 is 10.8. The lowest BCUT2D eigenvalue weighted by Crippen LogP contribution is -2.23. The number of benzene rings is 2. The highest BCUT2D eigenvalue weighted by molar-refractivity contribution is 5.92. The maximum Gasteiger partial charge on any atom is 0.193 e. The second kappa shape index (κ2) is 8.69. The molecule has 0 spiro atoms. The molecule has 1 aromatic heterocycles. The number of methoxy groups -OCH3 is 2. The Hall–Kier alpha value is -3.15. The van der Waals surface area contributed by atoms with Gasteiger partial charge in [0.2, 0.25) is 0 Å². The van der Waals surface area contributed by atoms with Crippen molar-refractivity contribution in [1.82, 2.24) is 4.98 Å². The molecule has 0 aliphatic heterocycles. The van der Waals surface area contributed by atoms with Gasteiger partial charge >= 0.3 is 0 Å². The lowest BCUT2D eigenvalue weighted by atomic mass is 10.1. The molecule has 0 fully saturated rings. The van der Waals surface area contributed by atoms with Crippen molar-refractivity contribution in [3.8, 4) is 11.5 Å². The number of aromatic nitrogens is 1. The Balaban J connectivity index is 1.58. The van der Waals surface area contributed by atoms with Crippen LogP contribution in [0.5, 0.6) is 11.5 Å². The lowest BCUT2D eigenvalue weighted by molar-refractivity contribution is 0.398. The maximum absolute atomic E-state index is 6.01. The van der Waals surface area contributed by atoms with Crippen LogP contribution in [0.4, 0.5) is 5.69 Å². The van der Waals surface area contributed by atoms with Gasteiger partial charge in [-0.3, -0.25) is 4.99 Å². The molecule has 0 amide bonds. The zero-order chi connectivity index (χ0) is 20.1. The Kier molecular flexibility index (Phi) is 6.09. The third-order valence-electron chi connectivity index (χ3n) is 4.85. The smallest absolute Gasteiger partial charge is 0.193 e. The van der Waals surface area contributed by atoms with Gasteiger partial charge in [-0.2, -0.15) is 0 Å². The monoisotopic (exact) mass is 380 g/mol. The lowest BCUT2D eigenvalue weighted by Gasteiger charge is -2.08. The van der Waals surface area contributed by atoms with Gasteiger partial charge in [-0.1, -0.05) is 6.07 Å². The first-order valence-corrected chi connectivity index (χ1v) is 9.38. The summed E-state index contributed by atoms with van der Waals surface area (Å²) in [6, 6.07) is 12.1. The van der Waals surface area contributed by atoms with Gasteiger partial charge in [-0.15, -0.1) is 0 Å². The average molecular weight is 380 g/mol. The van der Waals surface area contributed by atoms with Gasteiger partial charge in [0, 0.05) is 35.4 Å². The van der Waals surface area contributed by atoms with Crippen LogP contribution in [0.2, 0.25) is 0 Å². The molecule has 0 unspecified atom stereocenters. The van der Waals surface area contributed by atoms with Crippen molar-refractivity contribution < 1.29 is 9.47 Å². The predicted molar refractivity (Wildman–Crippen MR) is 116 cm³/mol. The number of rotatable bonds is 7. The maximum atomic E-state index is 6.01. The number of hydrogen-bond acceptors (Lipinski definition) is 3. The number of aliphatic imine (C=N–C) groups is 1. The van der Waals surface area contributed by atoms with Crippen molar-refractivity contribution in [3.05, 3.63) is 53.2 Å². The first kappa shape index (κ1) is 19.6. The number of nitrogens with two attached hydrogens (primary N) is 1. The van der Waals surface area contributed by atoms with Crippen molar-refractivity contribution in [2.24, 2.45) is 10.7 Å². The zero-order valence-electron chi connectivity index (χ0n) is 16.9. The number of ether oxygens (including phenoxy) is 2. The molecule has 1 heterocycles. The minimum Gasteiger partial charge on any atom is -0.497 e. The number of nitrogens with zero attached hydrogens (tertiary/aromatic N) is 1. The Morgan fingerprint density at radius 3 is 2.61 bits per heavy atom. The second-order valence-corrected chi connectivity index (χ2v) is 6.88. The molecule has 0 bridgehead atoms. The summed E-state index contributed by atoms with van der Waals surface area (Å²) >= 11 is 0. The number of anilines is 1. The third-order valence-corrected chi connectivity index (χ3v) is 4.85. The molecule has 148 valence electrons. The van der Waals surface area contributed by atoms with Crippen LogP contribution < -0.4 is 20.5 Å². The molecule has 0 aliphatic carbocycles. The van der Waals surface area contributed by atoms with E-state index in [0.29, 0.717) is 12.5 Å².